The number of anilines is 2. The molecule has 0 aliphatic rings. The highest BCUT2D eigenvalue weighted by atomic mass is 16.5. The molecule has 0 saturated heterocycles. The van der Waals surface area contributed by atoms with Gasteiger partial charge >= 0.3 is 5.97 Å². The van der Waals surface area contributed by atoms with Crippen LogP contribution in [0.4, 0.5) is 11.4 Å². The maximum atomic E-state index is 13.9. The third-order valence-electron chi connectivity index (χ3n) is 8.30. The van der Waals surface area contributed by atoms with Crippen molar-refractivity contribution < 1.29 is 23.9 Å². The monoisotopic (exact) mass is 648 g/mol. The Bertz CT molecular complexity index is 2040. The predicted octanol–water partition coefficient (Wildman–Crippen LogP) is 7.99. The largest absolute Gasteiger partial charge is 0.492 e. The number of esters is 1. The summed E-state index contributed by atoms with van der Waals surface area (Å²) in [6.07, 6.45) is 0.322. The third kappa shape index (κ3) is 7.85. The molecule has 7 heteroatoms. The van der Waals surface area contributed by atoms with Crippen LogP contribution in [0.3, 0.4) is 0 Å². The van der Waals surface area contributed by atoms with Crippen LogP contribution in [0.15, 0.2) is 152 Å². The molecule has 6 aromatic rings. The average molecular weight is 649 g/mol. The minimum Gasteiger partial charge on any atom is -0.492 e. The van der Waals surface area contributed by atoms with Crippen LogP contribution in [0.25, 0.3) is 10.8 Å². The Labute approximate surface area is 285 Å². The second kappa shape index (κ2) is 15.6. The van der Waals surface area contributed by atoms with Gasteiger partial charge in [0.25, 0.3) is 5.91 Å². The molecular formula is C42H36N2O5. The van der Waals surface area contributed by atoms with E-state index in [1.54, 1.807) is 35.2 Å². The van der Waals surface area contributed by atoms with Crippen molar-refractivity contribution in [3.8, 4) is 5.75 Å². The lowest BCUT2D eigenvalue weighted by Crippen LogP contribution is -2.34. The van der Waals surface area contributed by atoms with Gasteiger partial charge in [-0.15, -0.1) is 0 Å². The molecule has 6 aromatic carbocycles. The van der Waals surface area contributed by atoms with E-state index in [4.69, 9.17) is 9.47 Å². The molecule has 244 valence electrons. The normalized spacial score (nSPS) is 11.4. The number of hydrogen-bond acceptors (Lipinski definition) is 6. The van der Waals surface area contributed by atoms with Crippen molar-refractivity contribution in [2.75, 3.05) is 30.5 Å². The van der Waals surface area contributed by atoms with Gasteiger partial charge in [0.1, 0.15) is 18.4 Å². The fraction of sp³-hybridized carbons (Fsp3) is 0.119. The van der Waals surface area contributed by atoms with Crippen LogP contribution in [0, 0.1) is 0 Å². The minimum absolute atomic E-state index is 0.102. The molecule has 6 rings (SSSR count). The van der Waals surface area contributed by atoms with Gasteiger partial charge in [0, 0.05) is 34.5 Å². The summed E-state index contributed by atoms with van der Waals surface area (Å²) in [6, 6.07) is 46.1. The van der Waals surface area contributed by atoms with E-state index in [1.165, 1.54) is 7.11 Å². The van der Waals surface area contributed by atoms with Crippen molar-refractivity contribution in [3.05, 3.63) is 174 Å². The van der Waals surface area contributed by atoms with Gasteiger partial charge in [-0.1, -0.05) is 109 Å². The first-order chi connectivity index (χ1) is 24.0. The zero-order valence-electron chi connectivity index (χ0n) is 27.1. The topological polar surface area (TPSA) is 84.9 Å². The van der Waals surface area contributed by atoms with Crippen molar-refractivity contribution in [1.82, 2.24) is 0 Å². The van der Waals surface area contributed by atoms with Gasteiger partial charge in [0.05, 0.1) is 13.7 Å². The Morgan fingerprint density at radius 2 is 1.31 bits per heavy atom. The van der Waals surface area contributed by atoms with E-state index in [9.17, 15) is 14.4 Å². The van der Waals surface area contributed by atoms with Gasteiger partial charge in [-0.3, -0.25) is 9.59 Å². The van der Waals surface area contributed by atoms with Crippen LogP contribution in [-0.2, 0) is 16.0 Å². The van der Waals surface area contributed by atoms with Gasteiger partial charge in [0.15, 0.2) is 5.78 Å². The van der Waals surface area contributed by atoms with Crippen LogP contribution in [0.2, 0.25) is 0 Å². The van der Waals surface area contributed by atoms with Crippen LogP contribution in [0.1, 0.15) is 31.8 Å². The number of ketones is 1. The molecular weight excluding hydrogens is 612 g/mol. The summed E-state index contributed by atoms with van der Waals surface area (Å²) in [5.41, 5.74) is 3.87. The van der Waals surface area contributed by atoms with E-state index in [2.05, 4.69) is 5.32 Å². The number of nitrogens with zero attached hydrogens (tertiary/aromatic N) is 1. The van der Waals surface area contributed by atoms with E-state index < -0.39 is 12.0 Å². The van der Waals surface area contributed by atoms with Crippen LogP contribution in [-0.4, -0.2) is 44.0 Å². The lowest BCUT2D eigenvalue weighted by Gasteiger charge is -2.24. The summed E-state index contributed by atoms with van der Waals surface area (Å²) in [5, 5.41) is 5.15. The molecule has 0 aliphatic carbocycles. The van der Waals surface area contributed by atoms with E-state index >= 15 is 0 Å². The molecule has 0 spiro atoms. The summed E-state index contributed by atoms with van der Waals surface area (Å²) in [7, 11) is 1.35. The highest BCUT2D eigenvalue weighted by molar-refractivity contribution is 6.14. The molecule has 1 atom stereocenters. The number of hydrogen-bond donors (Lipinski definition) is 1. The molecule has 0 aromatic heterocycles. The highest BCUT2D eigenvalue weighted by Gasteiger charge is 2.23. The zero-order chi connectivity index (χ0) is 34.0. The van der Waals surface area contributed by atoms with Crippen molar-refractivity contribution in [3.63, 3.8) is 0 Å². The first-order valence-electron chi connectivity index (χ1n) is 16.1. The van der Waals surface area contributed by atoms with Gasteiger partial charge in [-0.2, -0.15) is 0 Å². The quantitative estimate of drug-likeness (QED) is 0.101. The molecule has 0 bridgehead atoms. The minimum atomic E-state index is -0.735. The molecule has 0 saturated carbocycles. The standard InChI is InChI=1S/C42H36N2O5/c1-48-42(47)39(43-38-22-11-10-20-37(38)40(45)32-14-4-2-5-15-32)29-30-23-25-34(26-24-30)49-28-27-44(33-17-6-3-7-18-33)41(46)36-21-12-16-31-13-8-9-19-35(31)36/h2-26,39,43H,27-29H2,1H3. The van der Waals surface area contributed by atoms with Gasteiger partial charge in [0.2, 0.25) is 0 Å². The van der Waals surface area contributed by atoms with Crippen LogP contribution in [0.5, 0.6) is 5.75 Å². The average Bonchev–Trinajstić information content (AvgIpc) is 3.16. The zero-order valence-corrected chi connectivity index (χ0v) is 27.1. The van der Waals surface area contributed by atoms with E-state index in [0.717, 1.165) is 22.0 Å². The van der Waals surface area contributed by atoms with Crippen molar-refractivity contribution in [2.24, 2.45) is 0 Å². The second-order valence-corrected chi connectivity index (χ2v) is 11.5. The molecule has 0 heterocycles. The number of methoxy groups -OCH3 is 1. The maximum Gasteiger partial charge on any atom is 0.328 e. The fourth-order valence-corrected chi connectivity index (χ4v) is 5.80. The van der Waals surface area contributed by atoms with E-state index in [-0.39, 0.29) is 18.3 Å². The summed E-state index contributed by atoms with van der Waals surface area (Å²) in [5.74, 6) is -0.0521. The highest BCUT2D eigenvalue weighted by Crippen LogP contribution is 2.25. The van der Waals surface area contributed by atoms with Crippen LogP contribution < -0.4 is 15.0 Å². The molecule has 1 amide bonds. The van der Waals surface area contributed by atoms with Crippen molar-refractivity contribution in [2.45, 2.75) is 12.5 Å². The number of rotatable bonds is 13. The SMILES string of the molecule is COC(=O)C(Cc1ccc(OCCN(C(=O)c2cccc3ccccc23)c2ccccc2)cc1)Nc1ccccc1C(=O)c1ccccc1. The molecule has 49 heavy (non-hydrogen) atoms. The Morgan fingerprint density at radius 1 is 0.673 bits per heavy atom. The van der Waals surface area contributed by atoms with E-state index in [1.807, 2.05) is 121 Å². The molecule has 7 nitrogen and oxygen atoms in total. The Morgan fingerprint density at radius 3 is 2.06 bits per heavy atom. The number of amides is 1. The van der Waals surface area contributed by atoms with E-state index in [0.29, 0.717) is 41.1 Å². The maximum absolute atomic E-state index is 13.9. The summed E-state index contributed by atoms with van der Waals surface area (Å²) < 4.78 is 11.2. The molecule has 0 aliphatic heterocycles. The smallest absolute Gasteiger partial charge is 0.328 e. The van der Waals surface area contributed by atoms with Gasteiger partial charge in [-0.05, 0) is 58.8 Å². The first kappa shape index (κ1) is 32.7. The van der Waals surface area contributed by atoms with Crippen LogP contribution >= 0.6 is 0 Å². The molecule has 1 unspecified atom stereocenters. The number of fused-ring (bicyclic) bond motifs is 1. The Hall–Kier alpha value is -6.21. The summed E-state index contributed by atoms with van der Waals surface area (Å²) >= 11 is 0. The third-order valence-corrected chi connectivity index (χ3v) is 8.30. The Kier molecular flexibility index (Phi) is 10.4. The Balaban J connectivity index is 1.13. The molecule has 1 N–H and O–H groups in total. The predicted molar refractivity (Wildman–Crippen MR) is 193 cm³/mol. The van der Waals surface area contributed by atoms with Crippen molar-refractivity contribution in [1.29, 1.82) is 0 Å². The fourth-order valence-electron chi connectivity index (χ4n) is 5.80. The number of para-hydroxylation sites is 2. The molecule has 0 fully saturated rings. The number of benzene rings is 6. The number of ether oxygens (including phenoxy) is 2. The van der Waals surface area contributed by atoms with Gasteiger partial charge in [-0.25, -0.2) is 4.79 Å². The van der Waals surface area contributed by atoms with Crippen molar-refractivity contribution >= 4 is 39.8 Å². The molecule has 0 radical (unpaired) electrons. The summed E-state index contributed by atoms with van der Waals surface area (Å²) in [6.45, 7) is 0.604. The van der Waals surface area contributed by atoms with Gasteiger partial charge < -0.3 is 19.7 Å². The second-order valence-electron chi connectivity index (χ2n) is 11.5. The lowest BCUT2D eigenvalue weighted by molar-refractivity contribution is -0.141. The lowest BCUT2D eigenvalue weighted by atomic mass is 10.00. The number of nitrogens with one attached hydrogen (secondary N) is 1. The number of carbonyl (C=O) groups is 3. The first-order valence-corrected chi connectivity index (χ1v) is 16.1. The summed E-state index contributed by atoms with van der Waals surface area (Å²) in [4.78, 5) is 41.8. The number of carbonyl (C=O) groups excluding carboxylic acids is 3.